The number of carbonyl (C=O) groups is 1. The Hall–Kier alpha value is -1.83. The van der Waals surface area contributed by atoms with E-state index in [1.807, 2.05) is 36.4 Å². The summed E-state index contributed by atoms with van der Waals surface area (Å²) in [6.45, 7) is 6.71. The second-order valence-corrected chi connectivity index (χ2v) is 7.72. The van der Waals surface area contributed by atoms with Gasteiger partial charge in [0.15, 0.2) is 0 Å². The van der Waals surface area contributed by atoms with Crippen molar-refractivity contribution in [1.29, 1.82) is 0 Å². The van der Waals surface area contributed by atoms with Crippen LogP contribution in [0.15, 0.2) is 48.1 Å². The first kappa shape index (κ1) is 14.7. The Morgan fingerprint density at radius 1 is 1.30 bits per heavy atom. The molecule has 1 aliphatic heterocycles. The highest BCUT2D eigenvalue weighted by Gasteiger charge is 2.53. The summed E-state index contributed by atoms with van der Waals surface area (Å²) in [5.74, 6) is 0.651. The van der Waals surface area contributed by atoms with Gasteiger partial charge in [0.25, 0.3) is 0 Å². The fourth-order valence-corrected chi connectivity index (χ4v) is 4.97. The molecule has 2 saturated carbocycles. The molecule has 23 heavy (non-hydrogen) atoms. The number of allylic oxidation sites excluding steroid dienone is 1. The van der Waals surface area contributed by atoms with E-state index in [0.717, 1.165) is 30.4 Å². The van der Waals surface area contributed by atoms with Crippen LogP contribution in [0.25, 0.3) is 6.08 Å². The molecule has 2 nitrogen and oxygen atoms in total. The van der Waals surface area contributed by atoms with Crippen molar-refractivity contribution in [2.24, 2.45) is 17.3 Å². The molecule has 0 bridgehead atoms. The maximum Gasteiger partial charge on any atom is 0.334 e. The van der Waals surface area contributed by atoms with Crippen LogP contribution >= 0.6 is 0 Å². The number of hydrogen-bond acceptors (Lipinski definition) is 2. The van der Waals surface area contributed by atoms with E-state index in [9.17, 15) is 4.79 Å². The first-order chi connectivity index (χ1) is 11.1. The van der Waals surface area contributed by atoms with E-state index >= 15 is 0 Å². The van der Waals surface area contributed by atoms with Gasteiger partial charge in [-0.15, -0.1) is 0 Å². The second-order valence-electron chi connectivity index (χ2n) is 7.72. The van der Waals surface area contributed by atoms with Crippen molar-refractivity contribution in [1.82, 2.24) is 0 Å². The minimum atomic E-state index is -0.114. The predicted octanol–water partition coefficient (Wildman–Crippen LogP) is 4.77. The Morgan fingerprint density at radius 3 is 2.87 bits per heavy atom. The van der Waals surface area contributed by atoms with Gasteiger partial charge >= 0.3 is 5.97 Å². The molecule has 2 aliphatic carbocycles. The van der Waals surface area contributed by atoms with Gasteiger partial charge in [0.1, 0.15) is 6.10 Å². The minimum absolute atomic E-state index is 0.0598. The van der Waals surface area contributed by atoms with Crippen LogP contribution in [0.5, 0.6) is 0 Å². The van der Waals surface area contributed by atoms with Crippen LogP contribution in [0.4, 0.5) is 0 Å². The summed E-state index contributed by atoms with van der Waals surface area (Å²) in [4.78, 5) is 12.4. The third-order valence-corrected chi connectivity index (χ3v) is 6.20. The Kier molecular flexibility index (Phi) is 3.44. The van der Waals surface area contributed by atoms with E-state index in [1.165, 1.54) is 18.4 Å². The van der Waals surface area contributed by atoms with Gasteiger partial charge in [0, 0.05) is 11.5 Å². The highest BCUT2D eigenvalue weighted by molar-refractivity contribution is 5.96. The molecule has 0 radical (unpaired) electrons. The molecule has 1 aromatic rings. The summed E-state index contributed by atoms with van der Waals surface area (Å²) in [6, 6.07) is 10.1. The number of fused-ring (bicyclic) bond motifs is 2. The van der Waals surface area contributed by atoms with E-state index < -0.39 is 0 Å². The van der Waals surface area contributed by atoms with Crippen molar-refractivity contribution in [2.45, 2.75) is 45.1 Å². The van der Waals surface area contributed by atoms with Gasteiger partial charge in [-0.2, -0.15) is 0 Å². The largest absolute Gasteiger partial charge is 0.458 e. The summed E-state index contributed by atoms with van der Waals surface area (Å²) in [6.07, 6.45) is 7.69. The number of rotatable bonds is 1. The maximum atomic E-state index is 12.4. The first-order valence-electron chi connectivity index (χ1n) is 8.72. The molecule has 120 valence electrons. The standard InChI is InChI=1S/C21H24O2/c1-14-7-6-10-21(2)13-19-16(12-18(14)21)17(20(22)23-19)11-15-8-4-3-5-9-15/h3-5,8-9,11,16,18-19H,1,6-7,10,12-13H2,2H3/b17-11-/t16-,18+,19-,21-/m1/s1. The number of carbonyl (C=O) groups excluding carboxylic acids is 1. The van der Waals surface area contributed by atoms with Crippen molar-refractivity contribution in [3.63, 3.8) is 0 Å². The van der Waals surface area contributed by atoms with Crippen LogP contribution in [0, 0.1) is 17.3 Å². The Labute approximate surface area is 138 Å². The zero-order valence-corrected chi connectivity index (χ0v) is 13.8. The van der Waals surface area contributed by atoms with Gasteiger partial charge in [0.2, 0.25) is 0 Å². The molecule has 0 amide bonds. The molecule has 0 N–H and O–H groups in total. The first-order valence-corrected chi connectivity index (χ1v) is 8.72. The van der Waals surface area contributed by atoms with E-state index in [-0.39, 0.29) is 23.4 Å². The van der Waals surface area contributed by atoms with E-state index in [1.54, 1.807) is 0 Å². The van der Waals surface area contributed by atoms with Crippen LogP contribution < -0.4 is 0 Å². The van der Waals surface area contributed by atoms with Crippen LogP contribution in [0.1, 0.15) is 44.6 Å². The SMILES string of the molecule is C=C1CCC[C@]2(C)C[C@H]3OC(=O)/C(=C\c4ccccc4)[C@H]3C[C@@H]12. The Morgan fingerprint density at radius 2 is 2.09 bits per heavy atom. The van der Waals surface area contributed by atoms with Crippen molar-refractivity contribution in [3.8, 4) is 0 Å². The van der Waals surface area contributed by atoms with Gasteiger partial charge in [0.05, 0.1) is 0 Å². The lowest BCUT2D eigenvalue weighted by Crippen LogP contribution is -2.43. The monoisotopic (exact) mass is 308 g/mol. The molecule has 3 aliphatic rings. The fourth-order valence-electron chi connectivity index (χ4n) is 4.97. The van der Waals surface area contributed by atoms with Crippen LogP contribution in [0.3, 0.4) is 0 Å². The van der Waals surface area contributed by atoms with Gasteiger partial charge in [-0.3, -0.25) is 0 Å². The molecule has 0 spiro atoms. The van der Waals surface area contributed by atoms with Crippen LogP contribution in [-0.4, -0.2) is 12.1 Å². The van der Waals surface area contributed by atoms with Gasteiger partial charge in [-0.1, -0.05) is 49.4 Å². The highest BCUT2D eigenvalue weighted by Crippen LogP contribution is 2.56. The molecule has 0 aromatic heterocycles. The molecular formula is C21H24O2. The average molecular weight is 308 g/mol. The lowest BCUT2D eigenvalue weighted by Gasteiger charge is -2.49. The second kappa shape index (κ2) is 5.36. The lowest BCUT2D eigenvalue weighted by molar-refractivity contribution is -0.142. The van der Waals surface area contributed by atoms with Crippen LogP contribution in [-0.2, 0) is 9.53 Å². The summed E-state index contributed by atoms with van der Waals surface area (Å²) in [5.41, 5.74) is 3.59. The third-order valence-electron chi connectivity index (χ3n) is 6.20. The van der Waals surface area contributed by atoms with E-state index in [4.69, 9.17) is 4.74 Å². The quantitative estimate of drug-likeness (QED) is 0.424. The maximum absolute atomic E-state index is 12.4. The smallest absolute Gasteiger partial charge is 0.334 e. The molecule has 3 fully saturated rings. The van der Waals surface area contributed by atoms with E-state index in [2.05, 4.69) is 13.5 Å². The Bertz CT molecular complexity index is 672. The highest BCUT2D eigenvalue weighted by atomic mass is 16.6. The zero-order valence-electron chi connectivity index (χ0n) is 13.8. The third kappa shape index (κ3) is 2.45. The van der Waals surface area contributed by atoms with Crippen molar-refractivity contribution in [2.75, 3.05) is 0 Å². The summed E-state index contributed by atoms with van der Waals surface area (Å²) in [7, 11) is 0. The van der Waals surface area contributed by atoms with Gasteiger partial charge in [-0.05, 0) is 55.1 Å². The van der Waals surface area contributed by atoms with Crippen molar-refractivity contribution < 1.29 is 9.53 Å². The number of hydrogen-bond donors (Lipinski definition) is 0. The molecule has 4 rings (SSSR count). The summed E-state index contributed by atoms with van der Waals surface area (Å²) < 4.78 is 5.76. The molecule has 1 heterocycles. The molecule has 1 saturated heterocycles. The minimum Gasteiger partial charge on any atom is -0.458 e. The molecular weight excluding hydrogens is 284 g/mol. The fraction of sp³-hybridized carbons (Fsp3) is 0.476. The number of ether oxygens (including phenoxy) is 1. The number of benzene rings is 1. The molecule has 2 heteroatoms. The average Bonchev–Trinajstić information content (AvgIpc) is 2.81. The van der Waals surface area contributed by atoms with Crippen molar-refractivity contribution in [3.05, 3.63) is 53.6 Å². The van der Waals surface area contributed by atoms with E-state index in [0.29, 0.717) is 5.92 Å². The number of esters is 1. The van der Waals surface area contributed by atoms with Crippen molar-refractivity contribution >= 4 is 12.0 Å². The predicted molar refractivity (Wildman–Crippen MR) is 91.6 cm³/mol. The summed E-state index contributed by atoms with van der Waals surface area (Å²) >= 11 is 0. The molecule has 4 atom stereocenters. The van der Waals surface area contributed by atoms with Crippen LogP contribution in [0.2, 0.25) is 0 Å². The normalized spacial score (nSPS) is 38.1. The van der Waals surface area contributed by atoms with Gasteiger partial charge < -0.3 is 4.74 Å². The Balaban J connectivity index is 1.67. The molecule has 1 aromatic carbocycles. The zero-order chi connectivity index (χ0) is 16.0. The summed E-state index contributed by atoms with van der Waals surface area (Å²) in [5, 5.41) is 0. The lowest BCUT2D eigenvalue weighted by atomic mass is 9.56. The topological polar surface area (TPSA) is 26.3 Å². The molecule has 0 unspecified atom stereocenters. The van der Waals surface area contributed by atoms with Gasteiger partial charge in [-0.25, -0.2) is 4.79 Å².